The molecule has 2 unspecified atom stereocenters. The van der Waals surface area contributed by atoms with E-state index >= 15 is 0 Å². The molecule has 2 fully saturated rings. The smallest absolute Gasteiger partial charge is 0.397 e. The molecule has 198 valence electrons. The van der Waals surface area contributed by atoms with Gasteiger partial charge in [-0.3, -0.25) is 0 Å². The molecule has 0 spiro atoms. The van der Waals surface area contributed by atoms with Crippen molar-refractivity contribution in [3.05, 3.63) is 0 Å². The summed E-state index contributed by atoms with van der Waals surface area (Å²) in [6.07, 6.45) is 2.64. The van der Waals surface area contributed by atoms with Gasteiger partial charge in [0.05, 0.1) is 26.4 Å². The lowest BCUT2D eigenvalue weighted by atomic mass is 10.5. The topological polar surface area (TPSA) is 89.7 Å². The normalized spacial score (nSPS) is 19.5. The van der Waals surface area contributed by atoms with E-state index in [4.69, 9.17) is 41.1 Å². The Hall–Kier alpha value is 0.0738. The Morgan fingerprint density at radius 3 is 1.55 bits per heavy atom. The summed E-state index contributed by atoms with van der Waals surface area (Å²) in [4.78, 5) is 0. The Labute approximate surface area is 203 Å². The molecule has 2 aliphatic rings. The Kier molecular flexibility index (Phi) is 19.1. The Morgan fingerprint density at radius 2 is 1.15 bits per heavy atom. The Balaban J connectivity index is 0.000000335. The molecule has 9 nitrogen and oxygen atoms in total. The van der Waals surface area contributed by atoms with E-state index in [0.29, 0.717) is 45.2 Å². The molecule has 0 aliphatic carbocycles. The highest BCUT2D eigenvalue weighted by Crippen LogP contribution is 2.18. The van der Waals surface area contributed by atoms with Crippen LogP contribution in [0.5, 0.6) is 0 Å². The van der Waals surface area contributed by atoms with Crippen LogP contribution in [0.2, 0.25) is 12.1 Å². The maximum atomic E-state index is 5.76. The summed E-state index contributed by atoms with van der Waals surface area (Å²) in [6.45, 7) is 18.0. The van der Waals surface area contributed by atoms with Gasteiger partial charge in [-0.15, -0.1) is 0 Å². The Morgan fingerprint density at radius 1 is 0.697 bits per heavy atom. The second kappa shape index (κ2) is 20.3. The number of rotatable bonds is 22. The van der Waals surface area contributed by atoms with Gasteiger partial charge < -0.3 is 41.1 Å². The van der Waals surface area contributed by atoms with Gasteiger partial charge in [0.25, 0.3) is 0 Å². The molecule has 33 heavy (non-hydrogen) atoms. The maximum absolute atomic E-state index is 5.76. The van der Waals surface area contributed by atoms with Gasteiger partial charge in [-0.05, 0) is 53.5 Å². The van der Waals surface area contributed by atoms with E-state index in [1.54, 1.807) is 0 Å². The van der Waals surface area contributed by atoms with Crippen molar-refractivity contribution in [3.8, 4) is 0 Å². The van der Waals surface area contributed by atoms with Gasteiger partial charge in [0, 0.05) is 52.3 Å². The van der Waals surface area contributed by atoms with Crippen molar-refractivity contribution < 1.29 is 41.1 Å². The lowest BCUT2D eigenvalue weighted by Crippen LogP contribution is -2.46. The first-order valence-corrected chi connectivity index (χ1v) is 16.4. The lowest BCUT2D eigenvalue weighted by molar-refractivity contribution is 0.0648. The molecule has 0 bridgehead atoms. The molecule has 2 aliphatic heterocycles. The molecular weight excluding hydrogens is 464 g/mol. The average Bonchev–Trinajstić information content (AvgIpc) is 3.70. The predicted octanol–water partition coefficient (Wildman–Crippen LogP) is 2.93. The summed E-state index contributed by atoms with van der Waals surface area (Å²) in [5.74, 6) is 0. The van der Waals surface area contributed by atoms with Crippen molar-refractivity contribution in [2.75, 3.05) is 72.7 Å². The quantitative estimate of drug-likeness (QED) is 0.123. The molecule has 0 aromatic carbocycles. The van der Waals surface area contributed by atoms with Gasteiger partial charge in [0.1, 0.15) is 12.2 Å². The largest absolute Gasteiger partial charge is 0.501 e. The number of hydrogen-bond donors (Lipinski definition) is 0. The van der Waals surface area contributed by atoms with Crippen LogP contribution in [-0.4, -0.2) is 103 Å². The van der Waals surface area contributed by atoms with Crippen LogP contribution in [0, 0.1) is 0 Å². The van der Waals surface area contributed by atoms with Crippen LogP contribution in [0.25, 0.3) is 0 Å². The molecule has 0 saturated carbocycles. The number of ether oxygens (including phenoxy) is 4. The predicted molar refractivity (Wildman–Crippen MR) is 131 cm³/mol. The van der Waals surface area contributed by atoms with Crippen LogP contribution in [-0.2, 0) is 41.1 Å². The van der Waals surface area contributed by atoms with E-state index in [9.17, 15) is 0 Å². The highest BCUT2D eigenvalue weighted by atomic mass is 28.4. The molecule has 11 heteroatoms. The zero-order chi connectivity index (χ0) is 24.2. The van der Waals surface area contributed by atoms with Gasteiger partial charge in [-0.2, -0.15) is 0 Å². The zero-order valence-electron chi connectivity index (χ0n) is 21.5. The second-order valence-electron chi connectivity index (χ2n) is 7.63. The lowest BCUT2D eigenvalue weighted by Gasteiger charge is -2.28. The minimum Gasteiger partial charge on any atom is -0.397 e. The maximum Gasteiger partial charge on any atom is 0.501 e. The minimum absolute atomic E-state index is 0.331. The first kappa shape index (κ1) is 31.1. The highest BCUT2D eigenvalue weighted by Gasteiger charge is 2.39. The molecule has 0 aromatic heterocycles. The molecule has 0 amide bonds. The van der Waals surface area contributed by atoms with Crippen molar-refractivity contribution in [1.82, 2.24) is 0 Å². The van der Waals surface area contributed by atoms with Gasteiger partial charge in [-0.25, -0.2) is 0 Å². The summed E-state index contributed by atoms with van der Waals surface area (Å²) in [5, 5.41) is 0. The van der Waals surface area contributed by atoms with Gasteiger partial charge in [0.2, 0.25) is 0 Å². The van der Waals surface area contributed by atoms with E-state index in [-0.39, 0.29) is 0 Å². The van der Waals surface area contributed by atoms with E-state index in [1.807, 2.05) is 34.6 Å². The first-order chi connectivity index (χ1) is 16.1. The van der Waals surface area contributed by atoms with Gasteiger partial charge in [-0.1, -0.05) is 0 Å². The average molecular weight is 513 g/mol. The third kappa shape index (κ3) is 17.2. The molecule has 0 N–H and O–H groups in total. The van der Waals surface area contributed by atoms with Crippen LogP contribution in [0.3, 0.4) is 0 Å². The molecular formula is C22H48O9Si2. The third-order valence-corrected chi connectivity index (χ3v) is 10.2. The second-order valence-corrected chi connectivity index (χ2v) is 12.5. The third-order valence-electron chi connectivity index (χ3n) is 4.71. The van der Waals surface area contributed by atoms with Crippen LogP contribution < -0.4 is 0 Å². The summed E-state index contributed by atoms with van der Waals surface area (Å²) >= 11 is 0. The van der Waals surface area contributed by atoms with Crippen molar-refractivity contribution in [2.45, 2.75) is 71.8 Å². The van der Waals surface area contributed by atoms with Gasteiger partial charge >= 0.3 is 18.1 Å². The fraction of sp³-hybridized carbons (Fsp3) is 1.00. The van der Waals surface area contributed by atoms with Crippen LogP contribution in [0.4, 0.5) is 0 Å². The van der Waals surface area contributed by atoms with Crippen molar-refractivity contribution in [2.24, 2.45) is 0 Å². The molecule has 2 heterocycles. The highest BCUT2D eigenvalue weighted by molar-refractivity contribution is 6.60. The molecule has 2 atom stereocenters. The first-order valence-electron chi connectivity index (χ1n) is 12.7. The summed E-state index contributed by atoms with van der Waals surface area (Å²) in [6, 6.07) is 1.85. The molecule has 2 saturated heterocycles. The fourth-order valence-corrected chi connectivity index (χ4v) is 7.34. The summed E-state index contributed by atoms with van der Waals surface area (Å²) in [5.41, 5.74) is 0. The van der Waals surface area contributed by atoms with Crippen molar-refractivity contribution >= 4 is 18.1 Å². The van der Waals surface area contributed by atoms with E-state index in [1.165, 1.54) is 0 Å². The van der Waals surface area contributed by atoms with Gasteiger partial charge in [0.15, 0.2) is 0 Å². The minimum atomic E-state index is -2.47. The molecule has 0 aromatic rings. The monoisotopic (exact) mass is 512 g/mol. The summed E-state index contributed by atoms with van der Waals surface area (Å²) < 4.78 is 49.5. The fourth-order valence-electron chi connectivity index (χ4n) is 3.09. The van der Waals surface area contributed by atoms with Crippen molar-refractivity contribution in [3.63, 3.8) is 0 Å². The van der Waals surface area contributed by atoms with E-state index in [2.05, 4.69) is 0 Å². The Bertz CT molecular complexity index is 417. The zero-order valence-corrected chi connectivity index (χ0v) is 23.7. The standard InChI is InChI=1S/C12H26O5Si.C10H22O4Si/c1-4-15-18(16-5-2,17-6-3)9-7-8-13-10-12-11-14-12;1-3-13-15(14-4-2)7-5-6-11-8-10-9-12-10/h12H,4-11H2,1-3H3;10,15H,3-9H2,1-2H3. The van der Waals surface area contributed by atoms with E-state index in [0.717, 1.165) is 64.6 Å². The van der Waals surface area contributed by atoms with E-state index < -0.39 is 18.1 Å². The number of epoxide rings is 2. The molecule has 0 radical (unpaired) electrons. The van der Waals surface area contributed by atoms with Crippen molar-refractivity contribution in [1.29, 1.82) is 0 Å². The van der Waals surface area contributed by atoms with Crippen LogP contribution >= 0.6 is 0 Å². The van der Waals surface area contributed by atoms with Crippen LogP contribution in [0.1, 0.15) is 47.5 Å². The summed E-state index contributed by atoms with van der Waals surface area (Å²) in [7, 11) is -3.86. The van der Waals surface area contributed by atoms with Crippen LogP contribution in [0.15, 0.2) is 0 Å². The number of hydrogen-bond acceptors (Lipinski definition) is 9. The SMILES string of the molecule is CCO[SiH](CCCOCC1CO1)OCC.CCO[Si](CCCOCC1CO1)(OCC)OCC. The molecule has 2 rings (SSSR count).